The van der Waals surface area contributed by atoms with Crippen LogP contribution < -0.4 is 5.32 Å². The van der Waals surface area contributed by atoms with Crippen molar-refractivity contribution in [1.29, 1.82) is 0 Å². The Morgan fingerprint density at radius 2 is 1.46 bits per heavy atom. The van der Waals surface area contributed by atoms with Crippen LogP contribution in [0.15, 0.2) is 98.6 Å². The highest BCUT2D eigenvalue weighted by atomic mass is 16.3. The second-order valence-electron chi connectivity index (χ2n) is 5.84. The molecule has 124 valence electrons. The molecule has 0 radical (unpaired) electrons. The first-order valence-corrected chi connectivity index (χ1v) is 8.10. The largest absolute Gasteiger partial charge is 0.380 e. The van der Waals surface area contributed by atoms with Gasteiger partial charge in [0.2, 0.25) is 0 Å². The molecule has 2 nitrogen and oxygen atoms in total. The summed E-state index contributed by atoms with van der Waals surface area (Å²) in [7, 11) is 0. The molecule has 1 unspecified atom stereocenters. The molecule has 2 N–H and O–H groups in total. The van der Waals surface area contributed by atoms with E-state index in [2.05, 4.69) is 37.2 Å². The van der Waals surface area contributed by atoms with E-state index < -0.39 is 5.60 Å². The van der Waals surface area contributed by atoms with E-state index in [-0.39, 0.29) is 12.1 Å². The van der Waals surface area contributed by atoms with E-state index in [4.69, 9.17) is 0 Å². The fraction of sp³-hybridized carbons (Fsp3) is 0.182. The highest BCUT2D eigenvalue weighted by Gasteiger charge is 2.33. The molecule has 0 saturated carbocycles. The first-order valence-electron chi connectivity index (χ1n) is 8.10. The number of benzene rings is 2. The van der Waals surface area contributed by atoms with Crippen LogP contribution in [0.1, 0.15) is 17.2 Å². The molecule has 24 heavy (non-hydrogen) atoms. The molecule has 0 spiro atoms. The molecular formula is C22H25NO. The van der Waals surface area contributed by atoms with Gasteiger partial charge in [-0.2, -0.15) is 0 Å². The Balaban J connectivity index is 2.28. The molecular weight excluding hydrogens is 294 g/mol. The summed E-state index contributed by atoms with van der Waals surface area (Å²) in [4.78, 5) is 0. The lowest BCUT2D eigenvalue weighted by molar-refractivity contribution is 0.0923. The molecule has 0 aliphatic rings. The Bertz CT molecular complexity index is 655. The van der Waals surface area contributed by atoms with Crippen LogP contribution in [0, 0.1) is 0 Å². The third-order valence-electron chi connectivity index (χ3n) is 4.21. The summed E-state index contributed by atoms with van der Waals surface area (Å²) < 4.78 is 0. The third kappa shape index (κ3) is 4.31. The van der Waals surface area contributed by atoms with Gasteiger partial charge in [-0.25, -0.2) is 0 Å². The van der Waals surface area contributed by atoms with E-state index >= 15 is 0 Å². The van der Waals surface area contributed by atoms with E-state index in [1.54, 1.807) is 0 Å². The number of hydrogen-bond acceptors (Lipinski definition) is 2. The monoisotopic (exact) mass is 319 g/mol. The van der Waals surface area contributed by atoms with Gasteiger partial charge < -0.3 is 10.4 Å². The zero-order valence-corrected chi connectivity index (χ0v) is 13.9. The second kappa shape index (κ2) is 8.44. The van der Waals surface area contributed by atoms with Gasteiger partial charge in [-0.1, -0.05) is 92.0 Å². The highest BCUT2D eigenvalue weighted by molar-refractivity contribution is 5.29. The maximum Gasteiger partial charge on any atom is 0.120 e. The molecule has 2 atom stereocenters. The summed E-state index contributed by atoms with van der Waals surface area (Å²) in [6, 6.07) is 19.7. The van der Waals surface area contributed by atoms with Crippen molar-refractivity contribution >= 4 is 0 Å². The van der Waals surface area contributed by atoms with Gasteiger partial charge in [0.25, 0.3) is 0 Å². The van der Waals surface area contributed by atoms with Crippen LogP contribution in [0.5, 0.6) is 0 Å². The average molecular weight is 319 g/mol. The average Bonchev–Trinajstić information content (AvgIpc) is 2.66. The highest BCUT2D eigenvalue weighted by Crippen LogP contribution is 2.29. The topological polar surface area (TPSA) is 32.3 Å². The van der Waals surface area contributed by atoms with Gasteiger partial charge in [-0.05, 0) is 17.5 Å². The summed E-state index contributed by atoms with van der Waals surface area (Å²) in [5.74, 6) is 0. The molecule has 0 amide bonds. The molecule has 0 aromatic heterocycles. The molecule has 0 saturated heterocycles. The van der Waals surface area contributed by atoms with Crippen LogP contribution >= 0.6 is 0 Å². The first-order chi connectivity index (χ1) is 11.6. The summed E-state index contributed by atoms with van der Waals surface area (Å²) in [5.41, 5.74) is 0.932. The predicted octanol–water partition coefficient (Wildman–Crippen LogP) is 4.22. The van der Waals surface area contributed by atoms with Crippen molar-refractivity contribution < 1.29 is 5.11 Å². The lowest BCUT2D eigenvalue weighted by atomic mass is 9.87. The van der Waals surface area contributed by atoms with Gasteiger partial charge in [0, 0.05) is 6.04 Å². The van der Waals surface area contributed by atoms with E-state index in [1.807, 2.05) is 54.6 Å². The van der Waals surface area contributed by atoms with Crippen molar-refractivity contribution in [2.75, 3.05) is 0 Å². The molecule has 0 aliphatic heterocycles. The van der Waals surface area contributed by atoms with Crippen LogP contribution in [0.25, 0.3) is 0 Å². The smallest absolute Gasteiger partial charge is 0.120 e. The minimum absolute atomic E-state index is 0.00373. The van der Waals surface area contributed by atoms with Gasteiger partial charge in [0.1, 0.15) is 5.60 Å². The zero-order chi connectivity index (χ0) is 17.4. The molecule has 0 bridgehead atoms. The normalized spacial score (nSPS) is 13.7. The molecule has 2 heteroatoms. The standard InChI is InChI=1S/C22H25NO/c1-4-20(17-18-13-9-7-10-14-18)23-21(22(24,5-2)6-3)19-15-11-8-12-16-19/h4-16,20-21,23-24H,1-3,17H2/t20?,21-/m0/s1. The van der Waals surface area contributed by atoms with Crippen molar-refractivity contribution in [3.05, 3.63) is 110 Å². The van der Waals surface area contributed by atoms with Gasteiger partial charge >= 0.3 is 0 Å². The maximum atomic E-state index is 10.9. The lowest BCUT2D eigenvalue weighted by Gasteiger charge is -2.34. The van der Waals surface area contributed by atoms with Crippen molar-refractivity contribution in [3.63, 3.8) is 0 Å². The number of aliphatic hydroxyl groups is 1. The van der Waals surface area contributed by atoms with Crippen molar-refractivity contribution in [2.45, 2.75) is 24.1 Å². The zero-order valence-electron chi connectivity index (χ0n) is 13.9. The Morgan fingerprint density at radius 3 is 1.96 bits per heavy atom. The summed E-state index contributed by atoms with van der Waals surface area (Å²) in [6.07, 6.45) is 5.70. The SMILES string of the molecule is C=CC(Cc1ccccc1)N[C@@H](c1ccccc1)C(O)(C=C)C=C. The molecule has 2 aromatic carbocycles. The van der Waals surface area contributed by atoms with Gasteiger partial charge in [-0.15, -0.1) is 6.58 Å². The lowest BCUT2D eigenvalue weighted by Crippen LogP contribution is -2.45. The van der Waals surface area contributed by atoms with Crippen molar-refractivity contribution in [2.24, 2.45) is 0 Å². The summed E-state index contributed by atoms with van der Waals surface area (Å²) in [5, 5.41) is 14.4. The predicted molar refractivity (Wildman–Crippen MR) is 102 cm³/mol. The summed E-state index contributed by atoms with van der Waals surface area (Å²) in [6.45, 7) is 11.5. The van der Waals surface area contributed by atoms with E-state index in [1.165, 1.54) is 17.7 Å². The van der Waals surface area contributed by atoms with Crippen LogP contribution in [0.4, 0.5) is 0 Å². The quantitative estimate of drug-likeness (QED) is 0.678. The van der Waals surface area contributed by atoms with Gasteiger partial charge in [0.15, 0.2) is 0 Å². The van der Waals surface area contributed by atoms with Gasteiger partial charge in [0.05, 0.1) is 6.04 Å². The second-order valence-corrected chi connectivity index (χ2v) is 5.84. The molecule has 2 aromatic rings. The van der Waals surface area contributed by atoms with E-state index in [0.29, 0.717) is 0 Å². The Hall–Kier alpha value is -2.42. The number of hydrogen-bond donors (Lipinski definition) is 2. The molecule has 0 heterocycles. The minimum Gasteiger partial charge on any atom is -0.380 e. The van der Waals surface area contributed by atoms with Gasteiger partial charge in [-0.3, -0.25) is 0 Å². The van der Waals surface area contributed by atoms with Crippen LogP contribution in [0.2, 0.25) is 0 Å². The fourth-order valence-electron chi connectivity index (χ4n) is 2.75. The third-order valence-corrected chi connectivity index (χ3v) is 4.21. The Morgan fingerprint density at radius 1 is 0.917 bits per heavy atom. The van der Waals surface area contributed by atoms with Crippen LogP contribution in [-0.4, -0.2) is 16.7 Å². The summed E-state index contributed by atoms with van der Waals surface area (Å²) >= 11 is 0. The van der Waals surface area contributed by atoms with Crippen LogP contribution in [0.3, 0.4) is 0 Å². The Labute approximate surface area is 144 Å². The first kappa shape index (κ1) is 17.9. The molecule has 0 aliphatic carbocycles. The van der Waals surface area contributed by atoms with Crippen molar-refractivity contribution in [1.82, 2.24) is 5.32 Å². The molecule has 0 fully saturated rings. The molecule has 2 rings (SSSR count). The van der Waals surface area contributed by atoms with E-state index in [9.17, 15) is 5.11 Å². The Kier molecular flexibility index (Phi) is 6.30. The van der Waals surface area contributed by atoms with Crippen LogP contribution in [-0.2, 0) is 6.42 Å². The van der Waals surface area contributed by atoms with E-state index in [0.717, 1.165) is 12.0 Å². The van der Waals surface area contributed by atoms with Crippen molar-refractivity contribution in [3.8, 4) is 0 Å². The number of rotatable bonds is 9. The fourth-order valence-corrected chi connectivity index (χ4v) is 2.75. The maximum absolute atomic E-state index is 10.9. The minimum atomic E-state index is -1.25. The number of nitrogens with one attached hydrogen (secondary N) is 1.